The first-order valence-corrected chi connectivity index (χ1v) is 18.2. The number of nitrogens with zero attached hydrogens (tertiary/aromatic N) is 3. The molecule has 0 spiro atoms. The van der Waals surface area contributed by atoms with E-state index >= 15 is 0 Å². The Hall–Kier alpha value is -7.30. The Labute approximate surface area is 311 Å². The average Bonchev–Trinajstić information content (AvgIpc) is 3.79. The van der Waals surface area contributed by atoms with E-state index in [-0.39, 0.29) is 0 Å². The minimum Gasteiger partial charge on any atom is -0.456 e. The van der Waals surface area contributed by atoms with Crippen LogP contribution >= 0.6 is 0 Å². The summed E-state index contributed by atoms with van der Waals surface area (Å²) in [6.45, 7) is 0. The summed E-state index contributed by atoms with van der Waals surface area (Å²) in [5.74, 6) is 0.682. The second-order valence-corrected chi connectivity index (χ2v) is 13.8. The normalized spacial score (nSPS) is 11.7. The second-order valence-electron chi connectivity index (χ2n) is 13.8. The van der Waals surface area contributed by atoms with Crippen molar-refractivity contribution < 1.29 is 4.42 Å². The van der Waals surface area contributed by atoms with Gasteiger partial charge >= 0.3 is 0 Å². The van der Waals surface area contributed by atoms with Gasteiger partial charge < -0.3 is 8.98 Å². The van der Waals surface area contributed by atoms with Crippen LogP contribution in [0.3, 0.4) is 0 Å². The Morgan fingerprint density at radius 3 is 1.65 bits per heavy atom. The van der Waals surface area contributed by atoms with Crippen LogP contribution in [-0.2, 0) is 0 Å². The molecule has 0 radical (unpaired) electrons. The SMILES string of the molecule is c1ccc(-c2nc(-c3ccc4c(c3)oc3ccccc34)cc(-c3ccc(-c4ccc(-n5c6ccccc6c6ccccc65)cc4)c4ccccc34)n2)cc1. The van der Waals surface area contributed by atoms with E-state index in [1.165, 1.54) is 32.8 Å². The Balaban J connectivity index is 1.04. The van der Waals surface area contributed by atoms with Gasteiger partial charge in [-0.3, -0.25) is 0 Å². The first-order valence-electron chi connectivity index (χ1n) is 18.2. The monoisotopic (exact) mass is 689 g/mol. The van der Waals surface area contributed by atoms with Crippen molar-refractivity contribution in [3.63, 3.8) is 0 Å². The molecule has 4 heteroatoms. The molecule has 0 fully saturated rings. The zero-order chi connectivity index (χ0) is 35.6. The zero-order valence-electron chi connectivity index (χ0n) is 29.1. The molecule has 0 bridgehead atoms. The third kappa shape index (κ3) is 4.85. The van der Waals surface area contributed by atoms with Crippen LogP contribution in [0.1, 0.15) is 0 Å². The van der Waals surface area contributed by atoms with Crippen LogP contribution in [0.4, 0.5) is 0 Å². The standard InChI is InChI=1S/C50H31N3O/c1-2-12-33(13-3-1)50-51-44(34-24-27-43-42-18-8-11-21-48(42)54-49(43)30-34)31-45(52-50)39-29-28-36(37-14-4-5-15-38(37)39)32-22-25-35(26-23-32)53-46-19-9-6-16-40(46)41-17-7-10-20-47(41)53/h1-31H. The van der Waals surface area contributed by atoms with Gasteiger partial charge in [-0.05, 0) is 70.4 Å². The number of furan rings is 1. The van der Waals surface area contributed by atoms with E-state index in [0.29, 0.717) is 5.82 Å². The van der Waals surface area contributed by atoms with Gasteiger partial charge in [-0.25, -0.2) is 9.97 Å². The van der Waals surface area contributed by atoms with E-state index < -0.39 is 0 Å². The summed E-state index contributed by atoms with van der Waals surface area (Å²) in [6, 6.07) is 66.2. The highest BCUT2D eigenvalue weighted by Crippen LogP contribution is 2.39. The smallest absolute Gasteiger partial charge is 0.160 e. The minimum atomic E-state index is 0.682. The van der Waals surface area contributed by atoms with Crippen molar-refractivity contribution in [2.24, 2.45) is 0 Å². The minimum absolute atomic E-state index is 0.682. The number of benzene rings is 8. The fourth-order valence-corrected chi connectivity index (χ4v) is 8.10. The predicted octanol–water partition coefficient (Wildman–Crippen LogP) is 13.3. The molecule has 252 valence electrons. The van der Waals surface area contributed by atoms with Gasteiger partial charge in [0.15, 0.2) is 5.82 Å². The molecule has 11 rings (SSSR count). The zero-order valence-corrected chi connectivity index (χ0v) is 29.1. The van der Waals surface area contributed by atoms with Crippen molar-refractivity contribution in [1.82, 2.24) is 14.5 Å². The molecule has 0 N–H and O–H groups in total. The number of fused-ring (bicyclic) bond motifs is 7. The van der Waals surface area contributed by atoms with E-state index in [9.17, 15) is 0 Å². The van der Waals surface area contributed by atoms with Crippen molar-refractivity contribution in [2.45, 2.75) is 0 Å². The van der Waals surface area contributed by atoms with Gasteiger partial charge in [0.1, 0.15) is 11.2 Å². The van der Waals surface area contributed by atoms with Gasteiger partial charge in [0, 0.05) is 43.9 Å². The second kappa shape index (κ2) is 12.1. The molecular weight excluding hydrogens is 659 g/mol. The third-order valence-electron chi connectivity index (χ3n) is 10.6. The van der Waals surface area contributed by atoms with E-state index in [0.717, 1.165) is 66.7 Å². The third-order valence-corrected chi connectivity index (χ3v) is 10.6. The van der Waals surface area contributed by atoms with Crippen molar-refractivity contribution in [3.8, 4) is 50.7 Å². The molecule has 0 saturated heterocycles. The van der Waals surface area contributed by atoms with Crippen LogP contribution in [0.2, 0.25) is 0 Å². The maximum atomic E-state index is 6.28. The summed E-state index contributed by atoms with van der Waals surface area (Å²) in [4.78, 5) is 10.3. The molecule has 11 aromatic rings. The number of rotatable bonds is 5. The van der Waals surface area contributed by atoms with E-state index in [4.69, 9.17) is 14.4 Å². The molecular formula is C50H31N3O. The highest BCUT2D eigenvalue weighted by Gasteiger charge is 2.17. The molecule has 4 nitrogen and oxygen atoms in total. The van der Waals surface area contributed by atoms with Crippen LogP contribution in [0.25, 0.3) is 105 Å². The predicted molar refractivity (Wildman–Crippen MR) is 223 cm³/mol. The molecule has 3 aromatic heterocycles. The van der Waals surface area contributed by atoms with Crippen LogP contribution < -0.4 is 0 Å². The van der Waals surface area contributed by atoms with E-state index in [1.807, 2.05) is 36.4 Å². The number of aromatic nitrogens is 3. The lowest BCUT2D eigenvalue weighted by Gasteiger charge is -2.14. The Morgan fingerprint density at radius 1 is 0.352 bits per heavy atom. The fraction of sp³-hybridized carbons (Fsp3) is 0. The molecule has 8 aromatic carbocycles. The molecule has 0 unspecified atom stereocenters. The van der Waals surface area contributed by atoms with Crippen molar-refractivity contribution >= 4 is 54.5 Å². The maximum absolute atomic E-state index is 6.28. The summed E-state index contributed by atoms with van der Waals surface area (Å²) in [7, 11) is 0. The summed E-state index contributed by atoms with van der Waals surface area (Å²) in [6.07, 6.45) is 0. The van der Waals surface area contributed by atoms with Crippen molar-refractivity contribution in [3.05, 3.63) is 188 Å². The summed E-state index contributed by atoms with van der Waals surface area (Å²) in [5, 5.41) is 7.04. The fourth-order valence-electron chi connectivity index (χ4n) is 8.10. The average molecular weight is 690 g/mol. The lowest BCUT2D eigenvalue weighted by Crippen LogP contribution is -1.97. The quantitative estimate of drug-likeness (QED) is 0.181. The van der Waals surface area contributed by atoms with Crippen LogP contribution in [-0.4, -0.2) is 14.5 Å². The molecule has 0 aliphatic heterocycles. The van der Waals surface area contributed by atoms with Gasteiger partial charge in [0.2, 0.25) is 0 Å². The molecule has 0 aliphatic carbocycles. The summed E-state index contributed by atoms with van der Waals surface area (Å²) >= 11 is 0. The Kier molecular flexibility index (Phi) is 6.82. The summed E-state index contributed by atoms with van der Waals surface area (Å²) < 4.78 is 8.64. The molecule has 54 heavy (non-hydrogen) atoms. The van der Waals surface area contributed by atoms with Crippen molar-refractivity contribution in [1.29, 1.82) is 0 Å². The van der Waals surface area contributed by atoms with Gasteiger partial charge in [-0.2, -0.15) is 0 Å². The number of hydrogen-bond acceptors (Lipinski definition) is 3. The van der Waals surface area contributed by atoms with Gasteiger partial charge in [0.25, 0.3) is 0 Å². The van der Waals surface area contributed by atoms with Gasteiger partial charge in [-0.1, -0.05) is 140 Å². The first-order chi connectivity index (χ1) is 26.8. The maximum Gasteiger partial charge on any atom is 0.160 e. The largest absolute Gasteiger partial charge is 0.456 e. The molecule has 0 aliphatic rings. The lowest BCUT2D eigenvalue weighted by atomic mass is 9.93. The Bertz CT molecular complexity index is 3160. The van der Waals surface area contributed by atoms with Gasteiger partial charge in [0.05, 0.1) is 22.4 Å². The molecule has 0 amide bonds. The lowest BCUT2D eigenvalue weighted by molar-refractivity contribution is 0.669. The van der Waals surface area contributed by atoms with E-state index in [1.54, 1.807) is 0 Å². The Morgan fingerprint density at radius 2 is 0.907 bits per heavy atom. The van der Waals surface area contributed by atoms with Crippen molar-refractivity contribution in [2.75, 3.05) is 0 Å². The topological polar surface area (TPSA) is 43.9 Å². The highest BCUT2D eigenvalue weighted by molar-refractivity contribution is 6.10. The highest BCUT2D eigenvalue weighted by atomic mass is 16.3. The molecule has 3 heterocycles. The number of hydrogen-bond donors (Lipinski definition) is 0. The van der Waals surface area contributed by atoms with Crippen LogP contribution in [0.15, 0.2) is 192 Å². The molecule has 0 saturated carbocycles. The number of para-hydroxylation sites is 3. The van der Waals surface area contributed by atoms with Crippen LogP contribution in [0.5, 0.6) is 0 Å². The van der Waals surface area contributed by atoms with E-state index in [2.05, 4.69) is 156 Å². The summed E-state index contributed by atoms with van der Waals surface area (Å²) in [5.41, 5.74) is 12.3. The van der Waals surface area contributed by atoms with Gasteiger partial charge in [-0.15, -0.1) is 0 Å². The first kappa shape index (κ1) is 30.3. The molecule has 0 atom stereocenters. The van der Waals surface area contributed by atoms with Crippen LogP contribution in [0, 0.1) is 0 Å².